The number of aliphatic hydroxyl groups excluding tert-OH is 2. The normalized spacial score (nSPS) is 23.2. The smallest absolute Gasteiger partial charge is 0.343 e. The average molecular weight is 1220 g/mol. The molecule has 416 valence electrons. The molecule has 1 unspecified atom stereocenters. The molecular weight excluding hydrogens is 1160 g/mol. The zero-order chi connectivity index (χ0) is 54.4. The van der Waals surface area contributed by atoms with Gasteiger partial charge in [0.1, 0.15) is 46.6 Å². The molecule has 2 saturated heterocycles. The van der Waals surface area contributed by atoms with Crippen molar-refractivity contribution in [3.8, 4) is 23.3 Å². The molecule has 4 aliphatic rings. The van der Waals surface area contributed by atoms with Crippen LogP contribution < -0.4 is 26.2 Å². The molecule has 0 spiro atoms. The fourth-order valence-electron chi connectivity index (χ4n) is 8.99. The minimum Gasteiger partial charge on any atom is -0.507 e. The number of benzene rings is 4. The van der Waals surface area contributed by atoms with Crippen LogP contribution in [-0.4, -0.2) is 156 Å². The molecule has 2 aliphatic heterocycles. The summed E-state index contributed by atoms with van der Waals surface area (Å²) in [6.07, 6.45) is -4.23. The summed E-state index contributed by atoms with van der Waals surface area (Å²) in [5, 5.41) is 81.4. The molecule has 0 radical (unpaired) electrons. The molecule has 3 heterocycles. The molecule has 1 aromatic heterocycles. The maximum Gasteiger partial charge on any atom is 0.343 e. The number of aliphatic hydroxyl groups is 3. The number of carbonyl (C=O) groups excluding carboxylic acids is 4. The fraction of sp³-hybridized carbons (Fsp3) is 0.396. The molecule has 29 heteroatoms. The molecule has 2 aliphatic carbocycles. The van der Waals surface area contributed by atoms with E-state index in [-0.39, 0.29) is 52.3 Å². The number of para-hydroxylation sites is 1. The number of nitriles is 1. The van der Waals surface area contributed by atoms with E-state index in [9.17, 15) is 49.3 Å². The molecule has 24 nitrogen and oxygen atoms in total. The van der Waals surface area contributed by atoms with E-state index >= 15 is 0 Å². The summed E-state index contributed by atoms with van der Waals surface area (Å²) in [7, 11) is -1.52. The van der Waals surface area contributed by atoms with Crippen LogP contribution in [0.2, 0.25) is 0 Å². The number of methoxy groups -OCH3 is 1. The maximum atomic E-state index is 13.6. The van der Waals surface area contributed by atoms with E-state index in [1.165, 1.54) is 25.3 Å². The first kappa shape index (κ1) is 62.5. The Hall–Kier alpha value is -5.37. The number of aromatic amines is 1. The number of carbonyl (C=O) groups is 4. The zero-order valence-electron chi connectivity index (χ0n) is 41.1. The number of hydrogen-bond acceptors (Lipinski definition) is 18. The number of ketones is 3. The van der Waals surface area contributed by atoms with Gasteiger partial charge in [0.2, 0.25) is 5.78 Å². The second-order valence-corrected chi connectivity index (χ2v) is 21.3. The van der Waals surface area contributed by atoms with E-state index in [1.54, 1.807) is 29.8 Å². The first-order valence-electron chi connectivity index (χ1n) is 23.3. The molecule has 0 bridgehead atoms. The summed E-state index contributed by atoms with van der Waals surface area (Å²) in [6, 6.07) is 15.7. The van der Waals surface area contributed by atoms with Gasteiger partial charge < -0.3 is 66.1 Å². The number of aromatic nitrogens is 3. The molecule has 4 aromatic carbocycles. The maximum absolute atomic E-state index is 13.6. The van der Waals surface area contributed by atoms with Gasteiger partial charge in [-0.15, -0.1) is 35.6 Å². The Labute approximate surface area is 464 Å². The number of nitrogens with one attached hydrogen (secondary N) is 4. The number of phenolic OH excluding ortho intramolecular Hbond substituents is 2. The highest BCUT2D eigenvalue weighted by Crippen LogP contribution is 2.53. The van der Waals surface area contributed by atoms with Crippen LogP contribution in [0.15, 0.2) is 59.1 Å². The van der Waals surface area contributed by atoms with Gasteiger partial charge in [-0.05, 0) is 59.6 Å². The summed E-state index contributed by atoms with van der Waals surface area (Å²) in [5.41, 5.74) is 4.72. The number of nitrogens with two attached hydrogens (primary N) is 1. The Morgan fingerprint density at radius 3 is 2.31 bits per heavy atom. The summed E-state index contributed by atoms with van der Waals surface area (Å²) in [5.74, 6) is -2.93. The molecular formula is C48H56BrCl3N9O15P. The van der Waals surface area contributed by atoms with Gasteiger partial charge in [-0.1, -0.05) is 24.3 Å². The van der Waals surface area contributed by atoms with Crippen LogP contribution in [-0.2, 0) is 29.8 Å². The molecule has 9 rings (SSSR count). The minimum atomic E-state index is -2.84. The Morgan fingerprint density at radius 1 is 1.01 bits per heavy atom. The lowest BCUT2D eigenvalue weighted by Gasteiger charge is -2.42. The van der Waals surface area contributed by atoms with Gasteiger partial charge in [-0.3, -0.25) is 18.9 Å². The van der Waals surface area contributed by atoms with Crippen LogP contribution in [0.4, 0.5) is 16.2 Å². The van der Waals surface area contributed by atoms with Gasteiger partial charge in [-0.2, -0.15) is 20.7 Å². The summed E-state index contributed by atoms with van der Waals surface area (Å²) in [6.45, 7) is 2.87. The van der Waals surface area contributed by atoms with Crippen molar-refractivity contribution in [1.82, 2.24) is 25.2 Å². The van der Waals surface area contributed by atoms with Crippen molar-refractivity contribution in [3.63, 3.8) is 0 Å². The molecule has 5 aromatic rings. The number of H-pyrrole nitrogens is 1. The van der Waals surface area contributed by atoms with Crippen molar-refractivity contribution in [2.45, 2.75) is 68.9 Å². The van der Waals surface area contributed by atoms with E-state index in [2.05, 4.69) is 47.1 Å². The van der Waals surface area contributed by atoms with Gasteiger partial charge in [0, 0.05) is 77.9 Å². The van der Waals surface area contributed by atoms with Crippen LogP contribution in [0.5, 0.6) is 17.2 Å². The van der Waals surface area contributed by atoms with Gasteiger partial charge in [-0.25, -0.2) is 14.6 Å². The van der Waals surface area contributed by atoms with E-state index in [1.807, 2.05) is 24.3 Å². The SMILES string of the molecule is COc1cccc2c1C(=O)c1c(O)c3c(c(O)c1C2=O)C[C@@](O)(C(=O)CO)C[C@@H]3O[C@H]1C[C@H](N)[C@H](O)[C@H](C)O1.Cl.N#Cc1ccc(NC(=O)Nc2ccccc2Br)c2n[nH]nc12.O.O=P1(N(CCCl)CCCl)NCCCO1. The van der Waals surface area contributed by atoms with Crippen LogP contribution in [0.25, 0.3) is 11.0 Å². The van der Waals surface area contributed by atoms with E-state index in [4.69, 9.17) is 52.9 Å². The topological polar surface area (TPSA) is 386 Å². The van der Waals surface area contributed by atoms with E-state index < -0.39 is 109 Å². The number of fused-ring (bicyclic) bond motifs is 4. The van der Waals surface area contributed by atoms with E-state index in [0.717, 1.165) is 17.4 Å². The number of nitrogens with zero attached hydrogens (tertiary/aromatic N) is 4. The van der Waals surface area contributed by atoms with Gasteiger partial charge >= 0.3 is 13.7 Å². The third kappa shape index (κ3) is 13.2. The molecule has 13 N–H and O–H groups in total. The number of aromatic hydroxyl groups is 2. The van der Waals surface area contributed by atoms with Crippen molar-refractivity contribution in [1.29, 1.82) is 5.26 Å². The minimum absolute atomic E-state index is 0. The van der Waals surface area contributed by atoms with Crippen molar-refractivity contribution >= 4 is 105 Å². The van der Waals surface area contributed by atoms with E-state index in [0.29, 0.717) is 59.4 Å². The second-order valence-electron chi connectivity index (χ2n) is 17.5. The third-order valence-electron chi connectivity index (χ3n) is 12.7. The number of Topliss-reactive ketones (excluding diaryl/α,β-unsaturated/α-hetero) is 1. The average Bonchev–Trinajstić information content (AvgIpc) is 3.91. The number of alkyl halides is 2. The number of hydrogen-bond donors (Lipinski definition) is 10. The monoisotopic (exact) mass is 1210 g/mol. The first-order valence-corrected chi connectivity index (χ1v) is 26.7. The lowest BCUT2D eigenvalue weighted by atomic mass is 9.72. The lowest BCUT2D eigenvalue weighted by molar-refractivity contribution is -0.247. The summed E-state index contributed by atoms with van der Waals surface area (Å²) in [4.78, 5) is 51.8. The lowest BCUT2D eigenvalue weighted by Crippen LogP contribution is -2.53. The molecule has 2 amide bonds. The van der Waals surface area contributed by atoms with Crippen LogP contribution in [0.3, 0.4) is 0 Å². The van der Waals surface area contributed by atoms with Crippen LogP contribution in [0, 0.1) is 11.3 Å². The number of halogens is 4. The number of urea groups is 1. The first-order chi connectivity index (χ1) is 35.8. The van der Waals surface area contributed by atoms with Gasteiger partial charge in [0.15, 0.2) is 17.9 Å². The predicted octanol–water partition coefficient (Wildman–Crippen LogP) is 4.72. The summed E-state index contributed by atoms with van der Waals surface area (Å²) >= 11 is 14.6. The Balaban J connectivity index is 0.000000242. The number of ether oxygens (including phenoxy) is 3. The van der Waals surface area contributed by atoms with Crippen molar-refractivity contribution in [2.24, 2.45) is 5.73 Å². The number of amides is 2. The highest BCUT2D eigenvalue weighted by atomic mass is 79.9. The second kappa shape index (κ2) is 27.0. The van der Waals surface area contributed by atoms with Crippen LogP contribution in [0.1, 0.15) is 80.8 Å². The van der Waals surface area contributed by atoms with Crippen molar-refractivity contribution in [3.05, 3.63) is 98.0 Å². The van der Waals surface area contributed by atoms with Gasteiger partial charge in [0.05, 0.1) is 65.7 Å². The Morgan fingerprint density at radius 2 is 1.69 bits per heavy atom. The summed E-state index contributed by atoms with van der Waals surface area (Å²) < 4.78 is 36.9. The molecule has 2 fully saturated rings. The fourth-order valence-corrected chi connectivity index (χ4v) is 12.0. The van der Waals surface area contributed by atoms with Crippen molar-refractivity contribution in [2.75, 3.05) is 62.4 Å². The standard InChI is InChI=1S/C27H29NO11.C14H9BrN6O.C7H15Cl2N2O2P.ClH.H2O/c1-10-22(31)13(28)6-17(38-10)39-15-8-27(36,16(30)9-29)7-12-19(15)26(35)21-20(24(12)33)23(32)11-4-3-5-14(37-2)18(11)25(21)34;15-9-3-1-2-4-10(9)17-14(22)18-11-6-5-8(7-16)12-13(11)20-21-19-12;8-2-5-11(6-3-9)14(12)10-4-1-7-13-14;;/h3-5,10,13,15,17,22,29,31,33,35-36H,6-9,28H2,1-2H3;1-6H,(H2,17,18,22)(H,19,20,21);1-7H2,(H,10,12);1H;1H2/t10-,13-,15-,17-,22+,27-;;;;/m0..../s1. The number of anilines is 2. The highest BCUT2D eigenvalue weighted by Gasteiger charge is 2.50. The number of rotatable bonds is 12. The third-order valence-corrected chi connectivity index (χ3v) is 16.1. The Kier molecular flexibility index (Phi) is 21.9. The van der Waals surface area contributed by atoms with Crippen LogP contribution >= 0.6 is 59.2 Å². The zero-order valence-corrected chi connectivity index (χ0v) is 45.9. The van der Waals surface area contributed by atoms with Crippen molar-refractivity contribution < 1.29 is 73.5 Å². The predicted molar refractivity (Wildman–Crippen MR) is 287 cm³/mol. The molecule has 7 atom stereocenters. The molecule has 0 saturated carbocycles. The largest absolute Gasteiger partial charge is 0.507 e. The highest BCUT2D eigenvalue weighted by molar-refractivity contribution is 9.10. The quantitative estimate of drug-likeness (QED) is 0.0450. The molecule has 77 heavy (non-hydrogen) atoms. The number of phenols is 2. The Bertz CT molecular complexity index is 3050. The van der Waals surface area contributed by atoms with Gasteiger partial charge in [0.25, 0.3) is 0 Å².